The molecule has 39 heavy (non-hydrogen) atoms. The van der Waals surface area contributed by atoms with Gasteiger partial charge in [-0.25, -0.2) is 19.7 Å². The molecular weight excluding hydrogens is 496 g/mol. The lowest BCUT2D eigenvalue weighted by atomic mass is 9.98. The zero-order valence-electron chi connectivity index (χ0n) is 21.7. The number of tetrazole rings is 1. The fraction of sp³-hybridized carbons (Fsp3) is 0.250. The standard InChI is InChI=1S/C28H28N8O3/c1-3-5-10-23-31-24(27-29-15-20(16-30-27)39-4-2)25(28(37)38)36(23)17-18-11-13-19(14-12-18)21-8-6-7-9-22(21)26-32-34-35-33-26/h6-9,11-16H,3-5,10,17H2,1-2H3,(H,37,38)(H,32,33,34,35). The first kappa shape index (κ1) is 25.7. The van der Waals surface area contributed by atoms with E-state index < -0.39 is 5.97 Å². The maximum Gasteiger partial charge on any atom is 0.354 e. The number of aryl methyl sites for hydroxylation is 1. The summed E-state index contributed by atoms with van der Waals surface area (Å²) in [5.74, 6) is 0.894. The van der Waals surface area contributed by atoms with Crippen LogP contribution in [-0.2, 0) is 13.0 Å². The Morgan fingerprint density at radius 2 is 1.74 bits per heavy atom. The SMILES string of the molecule is CCCCc1nc(-c2ncc(OCC)cn2)c(C(=O)O)n1Cc1ccc(-c2ccccc2-c2nn[nH]n2)cc1. The monoisotopic (exact) mass is 524 g/mol. The van der Waals surface area contributed by atoms with Crippen LogP contribution in [0.4, 0.5) is 0 Å². The van der Waals surface area contributed by atoms with Crippen molar-refractivity contribution >= 4 is 5.97 Å². The van der Waals surface area contributed by atoms with E-state index in [2.05, 4.69) is 37.5 Å². The molecule has 0 fully saturated rings. The average Bonchev–Trinajstić information content (AvgIpc) is 3.62. The van der Waals surface area contributed by atoms with Gasteiger partial charge in [0.05, 0.1) is 19.0 Å². The second-order valence-electron chi connectivity index (χ2n) is 8.87. The number of carboxylic acids is 1. The Hall–Kier alpha value is -4.93. The number of carboxylic acid groups (broad SMARTS) is 1. The van der Waals surface area contributed by atoms with Gasteiger partial charge in [0.1, 0.15) is 11.5 Å². The number of rotatable bonds is 11. The zero-order valence-corrected chi connectivity index (χ0v) is 21.7. The third-order valence-corrected chi connectivity index (χ3v) is 6.27. The van der Waals surface area contributed by atoms with E-state index in [1.807, 2.05) is 55.5 Å². The Labute approximate surface area is 225 Å². The molecule has 3 heterocycles. The number of nitrogens with zero attached hydrogens (tertiary/aromatic N) is 7. The molecule has 0 radical (unpaired) electrons. The highest BCUT2D eigenvalue weighted by atomic mass is 16.5. The highest BCUT2D eigenvalue weighted by Crippen LogP contribution is 2.30. The molecule has 0 aliphatic heterocycles. The topological polar surface area (TPSA) is 145 Å². The van der Waals surface area contributed by atoms with Crippen molar-refractivity contribution in [2.45, 2.75) is 39.7 Å². The van der Waals surface area contributed by atoms with Gasteiger partial charge >= 0.3 is 5.97 Å². The van der Waals surface area contributed by atoms with Gasteiger partial charge in [-0.1, -0.05) is 61.9 Å². The number of imidazole rings is 1. The van der Waals surface area contributed by atoms with E-state index in [-0.39, 0.29) is 17.2 Å². The van der Waals surface area contributed by atoms with Crippen LogP contribution in [0.2, 0.25) is 0 Å². The number of benzene rings is 2. The molecule has 0 bridgehead atoms. The number of aromatic nitrogens is 8. The lowest BCUT2D eigenvalue weighted by molar-refractivity contribution is 0.0686. The number of aromatic carboxylic acids is 1. The first-order valence-corrected chi connectivity index (χ1v) is 12.8. The molecule has 5 aromatic rings. The van der Waals surface area contributed by atoms with Crippen LogP contribution in [-0.4, -0.2) is 57.8 Å². The van der Waals surface area contributed by atoms with E-state index in [9.17, 15) is 9.90 Å². The molecule has 0 spiro atoms. The highest BCUT2D eigenvalue weighted by molar-refractivity contribution is 5.92. The number of carbonyl (C=O) groups is 1. The summed E-state index contributed by atoms with van der Waals surface area (Å²) in [5.41, 5.74) is 4.08. The van der Waals surface area contributed by atoms with E-state index >= 15 is 0 Å². The Balaban J connectivity index is 1.49. The number of H-pyrrole nitrogens is 1. The van der Waals surface area contributed by atoms with Crippen LogP contribution in [0.5, 0.6) is 5.75 Å². The van der Waals surface area contributed by atoms with Crippen LogP contribution in [0.15, 0.2) is 60.9 Å². The lowest BCUT2D eigenvalue weighted by Gasteiger charge is -2.12. The molecule has 0 aliphatic rings. The summed E-state index contributed by atoms with van der Waals surface area (Å²) in [6.07, 6.45) is 5.55. The summed E-state index contributed by atoms with van der Waals surface area (Å²) in [7, 11) is 0. The highest BCUT2D eigenvalue weighted by Gasteiger charge is 2.25. The van der Waals surface area contributed by atoms with E-state index in [1.165, 1.54) is 12.4 Å². The van der Waals surface area contributed by atoms with Gasteiger partial charge in [-0.3, -0.25) is 0 Å². The van der Waals surface area contributed by atoms with E-state index in [0.717, 1.165) is 35.1 Å². The van der Waals surface area contributed by atoms with Crippen LogP contribution in [0.1, 0.15) is 48.6 Å². The van der Waals surface area contributed by atoms with Crippen molar-refractivity contribution in [3.8, 4) is 39.8 Å². The largest absolute Gasteiger partial charge is 0.491 e. The first-order valence-electron chi connectivity index (χ1n) is 12.8. The molecule has 0 aliphatic carbocycles. The van der Waals surface area contributed by atoms with Crippen LogP contribution in [0.3, 0.4) is 0 Å². The number of unbranched alkanes of at least 4 members (excludes halogenated alkanes) is 1. The predicted octanol–water partition coefficient (Wildman–Crippen LogP) is 4.68. The van der Waals surface area contributed by atoms with Crippen molar-refractivity contribution in [2.75, 3.05) is 6.61 Å². The molecule has 11 heteroatoms. The minimum Gasteiger partial charge on any atom is -0.491 e. The van der Waals surface area contributed by atoms with Gasteiger partial charge in [-0.05, 0) is 35.2 Å². The molecule has 3 aromatic heterocycles. The van der Waals surface area contributed by atoms with Crippen molar-refractivity contribution in [3.05, 3.63) is 78.0 Å². The summed E-state index contributed by atoms with van der Waals surface area (Å²) in [6, 6.07) is 15.8. The Kier molecular flexibility index (Phi) is 7.67. The summed E-state index contributed by atoms with van der Waals surface area (Å²) < 4.78 is 7.19. The maximum absolute atomic E-state index is 12.5. The lowest BCUT2D eigenvalue weighted by Crippen LogP contribution is -2.13. The van der Waals surface area contributed by atoms with Crippen LogP contribution >= 0.6 is 0 Å². The van der Waals surface area contributed by atoms with Gasteiger partial charge in [0.2, 0.25) is 5.82 Å². The molecule has 2 N–H and O–H groups in total. The molecule has 0 saturated heterocycles. The molecule has 0 atom stereocenters. The van der Waals surface area contributed by atoms with Gasteiger partial charge in [0, 0.05) is 18.5 Å². The Morgan fingerprint density at radius 3 is 2.38 bits per heavy atom. The molecule has 0 amide bonds. The average molecular weight is 525 g/mol. The predicted molar refractivity (Wildman–Crippen MR) is 144 cm³/mol. The van der Waals surface area contributed by atoms with Gasteiger partial charge in [-0.15, -0.1) is 10.2 Å². The van der Waals surface area contributed by atoms with Crippen molar-refractivity contribution in [1.29, 1.82) is 0 Å². The second kappa shape index (κ2) is 11.6. The normalized spacial score (nSPS) is 11.0. The molecule has 11 nitrogen and oxygen atoms in total. The van der Waals surface area contributed by atoms with Crippen molar-refractivity contribution in [1.82, 2.24) is 40.1 Å². The van der Waals surface area contributed by atoms with E-state index in [4.69, 9.17) is 9.72 Å². The smallest absolute Gasteiger partial charge is 0.354 e. The maximum atomic E-state index is 12.5. The number of hydrogen-bond donors (Lipinski definition) is 2. The van der Waals surface area contributed by atoms with Gasteiger partial charge in [-0.2, -0.15) is 5.21 Å². The van der Waals surface area contributed by atoms with Gasteiger partial charge in [0.25, 0.3) is 0 Å². The third kappa shape index (κ3) is 5.52. The van der Waals surface area contributed by atoms with E-state index in [1.54, 1.807) is 4.57 Å². The second-order valence-corrected chi connectivity index (χ2v) is 8.87. The summed E-state index contributed by atoms with van der Waals surface area (Å²) in [5, 5.41) is 24.6. The molecule has 0 saturated carbocycles. The third-order valence-electron chi connectivity index (χ3n) is 6.27. The fourth-order valence-electron chi connectivity index (χ4n) is 4.43. The van der Waals surface area contributed by atoms with Gasteiger partial charge in [0.15, 0.2) is 17.3 Å². The molecule has 5 rings (SSSR count). The number of hydrogen-bond acceptors (Lipinski definition) is 8. The number of nitrogens with one attached hydrogen (secondary N) is 1. The number of ether oxygens (including phenoxy) is 1. The van der Waals surface area contributed by atoms with Crippen LogP contribution < -0.4 is 4.74 Å². The summed E-state index contributed by atoms with van der Waals surface area (Å²) >= 11 is 0. The molecule has 198 valence electrons. The summed E-state index contributed by atoms with van der Waals surface area (Å²) in [4.78, 5) is 25.9. The minimum atomic E-state index is -1.08. The minimum absolute atomic E-state index is 0.0665. The van der Waals surface area contributed by atoms with Crippen LogP contribution in [0.25, 0.3) is 34.0 Å². The molecule has 2 aromatic carbocycles. The molecular formula is C28H28N8O3. The van der Waals surface area contributed by atoms with Crippen molar-refractivity contribution in [3.63, 3.8) is 0 Å². The Morgan fingerprint density at radius 1 is 1.00 bits per heavy atom. The molecule has 0 unspecified atom stereocenters. The summed E-state index contributed by atoms with van der Waals surface area (Å²) in [6.45, 7) is 4.79. The van der Waals surface area contributed by atoms with E-state index in [0.29, 0.717) is 37.0 Å². The van der Waals surface area contributed by atoms with Crippen molar-refractivity contribution in [2.24, 2.45) is 0 Å². The Bertz CT molecular complexity index is 1550. The van der Waals surface area contributed by atoms with Crippen LogP contribution in [0, 0.1) is 0 Å². The first-order chi connectivity index (χ1) is 19.1. The van der Waals surface area contributed by atoms with Gasteiger partial charge < -0.3 is 14.4 Å². The zero-order chi connectivity index (χ0) is 27.2. The van der Waals surface area contributed by atoms with Crippen molar-refractivity contribution < 1.29 is 14.6 Å². The fourth-order valence-corrected chi connectivity index (χ4v) is 4.43. The number of aromatic amines is 1. The quantitative estimate of drug-likeness (QED) is 0.252.